The van der Waals surface area contributed by atoms with Crippen LogP contribution in [0.5, 0.6) is 5.88 Å². The number of nitrogens with one attached hydrogen (secondary N) is 1. The van der Waals surface area contributed by atoms with Crippen LogP contribution in [-0.4, -0.2) is 39.0 Å². The van der Waals surface area contributed by atoms with E-state index in [2.05, 4.69) is 10.1 Å². The summed E-state index contributed by atoms with van der Waals surface area (Å²) in [7, 11) is 0. The topological polar surface area (TPSA) is 73.6 Å². The normalized spacial score (nSPS) is 15.1. The van der Waals surface area contributed by atoms with Gasteiger partial charge in [0.1, 0.15) is 11.4 Å². The third kappa shape index (κ3) is 3.23. The van der Waals surface area contributed by atoms with Gasteiger partial charge in [0, 0.05) is 13.1 Å². The van der Waals surface area contributed by atoms with Crippen molar-refractivity contribution in [3.63, 3.8) is 0 Å². The minimum absolute atomic E-state index is 0.0579. The Bertz CT molecular complexity index is 884. The summed E-state index contributed by atoms with van der Waals surface area (Å²) in [4.78, 5) is 14.6. The van der Waals surface area contributed by atoms with Crippen molar-refractivity contribution in [2.45, 2.75) is 19.3 Å². The molecule has 1 fully saturated rings. The highest BCUT2D eigenvalue weighted by atomic mass is 32.1. The van der Waals surface area contributed by atoms with Crippen molar-refractivity contribution in [1.29, 1.82) is 0 Å². The summed E-state index contributed by atoms with van der Waals surface area (Å²) in [6.45, 7) is 1.61. The Morgan fingerprint density at radius 2 is 1.96 bits per heavy atom. The molecule has 1 aliphatic heterocycles. The van der Waals surface area contributed by atoms with Crippen LogP contribution in [0.2, 0.25) is 0 Å². The Hall–Kier alpha value is -2.48. The van der Waals surface area contributed by atoms with Gasteiger partial charge < -0.3 is 5.11 Å². The van der Waals surface area contributed by atoms with Crippen LogP contribution in [0.15, 0.2) is 34.2 Å². The van der Waals surface area contributed by atoms with Gasteiger partial charge in [0.15, 0.2) is 4.77 Å². The van der Waals surface area contributed by atoms with E-state index in [0.717, 1.165) is 36.9 Å². The van der Waals surface area contributed by atoms with Gasteiger partial charge in [-0.1, -0.05) is 12.1 Å². The predicted octanol–water partition coefficient (Wildman–Crippen LogP) is 2.56. The van der Waals surface area contributed by atoms with E-state index >= 15 is 0 Å². The molecular weight excluding hydrogens is 331 g/mol. The number of nitrogens with zero attached hydrogens (tertiary/aromatic N) is 3. The fraction of sp³-hybridized carbons (Fsp3) is 0.312. The molecule has 3 rings (SSSR count). The number of halogens is 1. The second-order valence-electron chi connectivity index (χ2n) is 5.54. The SMILES string of the molecule is O=c1[nH]c(=S)n(-c2ccccc2F)c(O)c1/C=N/N1CCCCC1. The van der Waals surface area contributed by atoms with Gasteiger partial charge >= 0.3 is 0 Å². The first-order valence-corrected chi connectivity index (χ1v) is 8.11. The molecule has 0 unspecified atom stereocenters. The van der Waals surface area contributed by atoms with Crippen molar-refractivity contribution < 1.29 is 9.50 Å². The van der Waals surface area contributed by atoms with E-state index in [4.69, 9.17) is 12.2 Å². The van der Waals surface area contributed by atoms with Crippen LogP contribution in [0.25, 0.3) is 5.69 Å². The van der Waals surface area contributed by atoms with E-state index in [9.17, 15) is 14.3 Å². The molecule has 2 aromatic rings. The van der Waals surface area contributed by atoms with E-state index in [0.29, 0.717) is 0 Å². The van der Waals surface area contributed by atoms with Crippen molar-refractivity contribution in [3.8, 4) is 11.6 Å². The number of aromatic amines is 1. The summed E-state index contributed by atoms with van der Waals surface area (Å²) in [6.07, 6.45) is 4.54. The second-order valence-corrected chi connectivity index (χ2v) is 5.93. The van der Waals surface area contributed by atoms with Crippen molar-refractivity contribution in [1.82, 2.24) is 14.6 Å². The lowest BCUT2D eigenvalue weighted by Gasteiger charge is -2.23. The number of hydrogen-bond acceptors (Lipinski definition) is 5. The van der Waals surface area contributed by atoms with Crippen LogP contribution >= 0.6 is 12.2 Å². The van der Waals surface area contributed by atoms with E-state index in [1.807, 2.05) is 5.01 Å². The molecule has 126 valence electrons. The minimum atomic E-state index is -0.564. The minimum Gasteiger partial charge on any atom is -0.494 e. The van der Waals surface area contributed by atoms with Crippen molar-refractivity contribution >= 4 is 18.4 Å². The number of hydrazone groups is 1. The van der Waals surface area contributed by atoms with Crippen LogP contribution in [0, 0.1) is 10.6 Å². The van der Waals surface area contributed by atoms with Crippen LogP contribution in [-0.2, 0) is 0 Å². The van der Waals surface area contributed by atoms with E-state index in [1.54, 1.807) is 6.07 Å². The molecule has 0 atom stereocenters. The average molecular weight is 348 g/mol. The van der Waals surface area contributed by atoms with Crippen molar-refractivity contribution in [2.24, 2.45) is 5.10 Å². The lowest BCUT2D eigenvalue weighted by molar-refractivity contribution is 0.240. The summed E-state index contributed by atoms with van der Waals surface area (Å²) in [5.41, 5.74) is -0.563. The third-order valence-corrected chi connectivity index (χ3v) is 4.18. The van der Waals surface area contributed by atoms with Gasteiger partial charge in [0.05, 0.1) is 11.9 Å². The first-order chi connectivity index (χ1) is 11.6. The second kappa shape index (κ2) is 6.96. The molecule has 1 aliphatic rings. The molecule has 0 aliphatic carbocycles. The maximum atomic E-state index is 14.0. The van der Waals surface area contributed by atoms with Crippen LogP contribution in [0.3, 0.4) is 0 Å². The van der Waals surface area contributed by atoms with Crippen LogP contribution in [0.4, 0.5) is 4.39 Å². The Morgan fingerprint density at radius 1 is 1.25 bits per heavy atom. The first-order valence-electron chi connectivity index (χ1n) is 7.70. The lowest BCUT2D eigenvalue weighted by Crippen LogP contribution is -2.25. The molecule has 24 heavy (non-hydrogen) atoms. The largest absolute Gasteiger partial charge is 0.494 e. The Labute approximate surface area is 142 Å². The molecule has 2 N–H and O–H groups in total. The van der Waals surface area contributed by atoms with Gasteiger partial charge in [-0.3, -0.25) is 19.4 Å². The Balaban J connectivity index is 2.06. The molecule has 0 amide bonds. The molecule has 0 saturated carbocycles. The van der Waals surface area contributed by atoms with Gasteiger partial charge in [0.2, 0.25) is 5.88 Å². The molecule has 2 heterocycles. The number of para-hydroxylation sites is 1. The van der Waals surface area contributed by atoms with Crippen LogP contribution in [0.1, 0.15) is 24.8 Å². The molecular formula is C16H17FN4O2S. The molecule has 8 heteroatoms. The highest BCUT2D eigenvalue weighted by Gasteiger charge is 2.15. The number of hydrogen-bond donors (Lipinski definition) is 2. The zero-order chi connectivity index (χ0) is 17.1. The van der Waals surface area contributed by atoms with Crippen molar-refractivity contribution in [2.75, 3.05) is 13.1 Å². The molecule has 0 bridgehead atoms. The predicted molar refractivity (Wildman–Crippen MR) is 91.9 cm³/mol. The van der Waals surface area contributed by atoms with E-state index in [1.165, 1.54) is 24.4 Å². The van der Waals surface area contributed by atoms with E-state index in [-0.39, 0.29) is 16.0 Å². The molecule has 6 nitrogen and oxygen atoms in total. The summed E-state index contributed by atoms with van der Waals surface area (Å²) >= 11 is 5.06. The van der Waals surface area contributed by atoms with Crippen LogP contribution < -0.4 is 5.56 Å². The number of rotatable bonds is 3. The smallest absolute Gasteiger partial charge is 0.264 e. The highest BCUT2D eigenvalue weighted by molar-refractivity contribution is 7.71. The lowest BCUT2D eigenvalue weighted by atomic mass is 10.2. The van der Waals surface area contributed by atoms with Gasteiger partial charge in [-0.2, -0.15) is 5.10 Å². The Morgan fingerprint density at radius 3 is 2.67 bits per heavy atom. The van der Waals surface area contributed by atoms with Gasteiger partial charge in [-0.15, -0.1) is 0 Å². The number of benzene rings is 1. The molecule has 1 aromatic carbocycles. The molecule has 0 spiro atoms. The Kier molecular flexibility index (Phi) is 4.75. The maximum Gasteiger partial charge on any atom is 0.264 e. The third-order valence-electron chi connectivity index (χ3n) is 3.90. The number of H-pyrrole nitrogens is 1. The van der Waals surface area contributed by atoms with Gasteiger partial charge in [-0.05, 0) is 43.6 Å². The van der Waals surface area contributed by atoms with E-state index < -0.39 is 17.3 Å². The molecule has 1 saturated heterocycles. The highest BCUT2D eigenvalue weighted by Crippen LogP contribution is 2.21. The fourth-order valence-electron chi connectivity index (χ4n) is 2.64. The summed E-state index contributed by atoms with van der Waals surface area (Å²) in [5.74, 6) is -0.996. The summed E-state index contributed by atoms with van der Waals surface area (Å²) in [6, 6.07) is 5.87. The number of piperidine rings is 1. The molecule has 1 aromatic heterocycles. The number of aromatic nitrogens is 2. The zero-order valence-electron chi connectivity index (χ0n) is 12.9. The summed E-state index contributed by atoms with van der Waals surface area (Å²) in [5, 5.41) is 16.6. The quantitative estimate of drug-likeness (QED) is 0.660. The standard InChI is InChI=1S/C16H17FN4O2S/c17-12-6-2-3-7-13(12)21-15(23)11(14(22)19-16(21)24)10-18-20-8-4-1-5-9-20/h2-3,6-7,10,23H,1,4-5,8-9H2,(H,19,22,24)/b18-10+. The molecule has 0 radical (unpaired) electrons. The van der Waals surface area contributed by atoms with Crippen molar-refractivity contribution in [3.05, 3.63) is 50.8 Å². The first kappa shape index (κ1) is 16.4. The number of aromatic hydroxyl groups is 1. The van der Waals surface area contributed by atoms with Gasteiger partial charge in [-0.25, -0.2) is 4.39 Å². The summed E-state index contributed by atoms with van der Waals surface area (Å²) < 4.78 is 15.0. The monoisotopic (exact) mass is 348 g/mol. The van der Waals surface area contributed by atoms with Gasteiger partial charge in [0.25, 0.3) is 5.56 Å². The fourth-order valence-corrected chi connectivity index (χ4v) is 2.92. The maximum absolute atomic E-state index is 14.0. The average Bonchev–Trinajstić information content (AvgIpc) is 2.57. The zero-order valence-corrected chi connectivity index (χ0v) is 13.7.